The van der Waals surface area contributed by atoms with Crippen molar-refractivity contribution in [2.45, 2.75) is 12.8 Å². The van der Waals surface area contributed by atoms with Crippen LogP contribution in [0, 0.1) is 0 Å². The molecule has 1 aliphatic heterocycles. The van der Waals surface area contributed by atoms with Gasteiger partial charge in [0.05, 0.1) is 5.69 Å². The Hall–Kier alpha value is -2.03. The van der Waals surface area contributed by atoms with E-state index < -0.39 is 0 Å². The van der Waals surface area contributed by atoms with Gasteiger partial charge in [-0.2, -0.15) is 0 Å². The van der Waals surface area contributed by atoms with Crippen LogP contribution in [0.1, 0.15) is 12.0 Å². The smallest absolute Gasteiger partial charge is 0.219 e. The summed E-state index contributed by atoms with van der Waals surface area (Å²) in [6.45, 7) is 1.01. The lowest BCUT2D eigenvalue weighted by Crippen LogP contribution is -2.12. The molecule has 0 aliphatic carbocycles. The summed E-state index contributed by atoms with van der Waals surface area (Å²) in [6, 6.07) is 11.8. The van der Waals surface area contributed by atoms with Gasteiger partial charge in [0.25, 0.3) is 0 Å². The maximum absolute atomic E-state index is 5.80. The van der Waals surface area contributed by atoms with Crippen LogP contribution in [0.2, 0.25) is 0 Å². The Morgan fingerprint density at radius 3 is 3.00 bits per heavy atom. The van der Waals surface area contributed by atoms with Crippen LogP contribution in [-0.4, -0.2) is 11.5 Å². The van der Waals surface area contributed by atoms with Crippen molar-refractivity contribution < 1.29 is 4.74 Å². The zero-order valence-electron chi connectivity index (χ0n) is 9.52. The second-order valence-electron chi connectivity index (χ2n) is 4.09. The fourth-order valence-electron chi connectivity index (χ4n) is 2.08. The van der Waals surface area contributed by atoms with Crippen molar-refractivity contribution in [2.75, 3.05) is 11.9 Å². The number of benzene rings is 1. The largest absolute Gasteiger partial charge is 0.437 e. The van der Waals surface area contributed by atoms with E-state index in [4.69, 9.17) is 4.74 Å². The molecule has 0 fully saturated rings. The van der Waals surface area contributed by atoms with Gasteiger partial charge < -0.3 is 10.1 Å². The topological polar surface area (TPSA) is 34.1 Å². The van der Waals surface area contributed by atoms with E-state index in [1.54, 1.807) is 6.20 Å². The van der Waals surface area contributed by atoms with Crippen LogP contribution >= 0.6 is 0 Å². The lowest BCUT2D eigenvalue weighted by molar-refractivity contribution is 0.463. The summed E-state index contributed by atoms with van der Waals surface area (Å²) in [5.74, 6) is 1.49. The first kappa shape index (κ1) is 10.1. The first-order chi connectivity index (χ1) is 8.43. The van der Waals surface area contributed by atoms with Gasteiger partial charge in [-0.3, -0.25) is 0 Å². The minimum absolute atomic E-state index is 0.633. The van der Waals surface area contributed by atoms with Crippen LogP contribution in [0.15, 0.2) is 42.6 Å². The molecule has 1 aromatic carbocycles. The van der Waals surface area contributed by atoms with Gasteiger partial charge in [0.1, 0.15) is 0 Å². The second kappa shape index (κ2) is 4.45. The molecule has 86 valence electrons. The SMILES string of the molecule is c1ccc(Oc2cccc3c2NCCC3)nc1. The molecule has 17 heavy (non-hydrogen) atoms. The highest BCUT2D eigenvalue weighted by molar-refractivity contribution is 5.64. The van der Waals surface area contributed by atoms with Crippen molar-refractivity contribution in [3.63, 3.8) is 0 Å². The third-order valence-electron chi connectivity index (χ3n) is 2.89. The number of aryl methyl sites for hydroxylation is 1. The monoisotopic (exact) mass is 226 g/mol. The van der Waals surface area contributed by atoms with Crippen LogP contribution in [0.3, 0.4) is 0 Å². The molecule has 3 nitrogen and oxygen atoms in total. The molecule has 0 radical (unpaired) electrons. The average Bonchev–Trinajstić information content (AvgIpc) is 2.40. The Morgan fingerprint density at radius 1 is 1.12 bits per heavy atom. The quantitative estimate of drug-likeness (QED) is 0.853. The molecule has 2 aromatic rings. The second-order valence-corrected chi connectivity index (χ2v) is 4.09. The van der Waals surface area contributed by atoms with E-state index in [0.717, 1.165) is 24.4 Å². The van der Waals surface area contributed by atoms with Crippen molar-refractivity contribution in [3.8, 4) is 11.6 Å². The molecule has 3 heteroatoms. The fraction of sp³-hybridized carbons (Fsp3) is 0.214. The van der Waals surface area contributed by atoms with Crippen LogP contribution in [0.4, 0.5) is 5.69 Å². The maximum Gasteiger partial charge on any atom is 0.219 e. The molecule has 0 amide bonds. The highest BCUT2D eigenvalue weighted by Gasteiger charge is 2.13. The first-order valence-corrected chi connectivity index (χ1v) is 5.88. The molecule has 0 unspecified atom stereocenters. The number of fused-ring (bicyclic) bond motifs is 1. The number of ether oxygens (including phenoxy) is 1. The van der Waals surface area contributed by atoms with E-state index in [0.29, 0.717) is 5.88 Å². The summed E-state index contributed by atoms with van der Waals surface area (Å²) in [5, 5.41) is 3.40. The Labute approximate surface area is 100 Å². The number of pyridine rings is 1. The Bertz CT molecular complexity index is 511. The molecule has 1 N–H and O–H groups in total. The van der Waals surface area contributed by atoms with Gasteiger partial charge in [-0.05, 0) is 30.5 Å². The van der Waals surface area contributed by atoms with Gasteiger partial charge in [0.2, 0.25) is 5.88 Å². The highest BCUT2D eigenvalue weighted by atomic mass is 16.5. The third-order valence-corrected chi connectivity index (χ3v) is 2.89. The molecule has 0 bridgehead atoms. The van der Waals surface area contributed by atoms with Gasteiger partial charge in [-0.1, -0.05) is 18.2 Å². The minimum atomic E-state index is 0.633. The van der Waals surface area contributed by atoms with Crippen molar-refractivity contribution in [1.82, 2.24) is 4.98 Å². The molecule has 1 aliphatic rings. The van der Waals surface area contributed by atoms with Crippen molar-refractivity contribution >= 4 is 5.69 Å². The molecular weight excluding hydrogens is 212 g/mol. The summed E-state index contributed by atoms with van der Waals surface area (Å²) in [6.07, 6.45) is 4.03. The predicted octanol–water partition coefficient (Wildman–Crippen LogP) is 3.23. The van der Waals surface area contributed by atoms with E-state index in [1.807, 2.05) is 30.3 Å². The number of aromatic nitrogens is 1. The van der Waals surface area contributed by atoms with Crippen LogP contribution in [0.5, 0.6) is 11.6 Å². The van der Waals surface area contributed by atoms with Crippen molar-refractivity contribution in [2.24, 2.45) is 0 Å². The minimum Gasteiger partial charge on any atom is -0.437 e. The molecule has 1 aromatic heterocycles. The van der Waals surface area contributed by atoms with Crippen molar-refractivity contribution in [1.29, 1.82) is 0 Å². The lowest BCUT2D eigenvalue weighted by Gasteiger charge is -2.20. The highest BCUT2D eigenvalue weighted by Crippen LogP contribution is 2.34. The van der Waals surface area contributed by atoms with Gasteiger partial charge in [-0.25, -0.2) is 4.98 Å². The number of hydrogen-bond donors (Lipinski definition) is 1. The molecular formula is C14H14N2O. The van der Waals surface area contributed by atoms with Gasteiger partial charge in [0.15, 0.2) is 5.75 Å². The summed E-state index contributed by atoms with van der Waals surface area (Å²) in [5.41, 5.74) is 2.44. The Kier molecular flexibility index (Phi) is 2.66. The summed E-state index contributed by atoms with van der Waals surface area (Å²) in [7, 11) is 0. The Balaban J connectivity index is 1.93. The standard InChI is InChI=1S/C14H14N2O/c1-2-9-15-13(8-1)17-12-7-3-5-11-6-4-10-16-14(11)12/h1-3,5,7-9,16H,4,6,10H2. The van der Waals surface area contributed by atoms with Crippen molar-refractivity contribution in [3.05, 3.63) is 48.2 Å². The Morgan fingerprint density at radius 2 is 2.12 bits per heavy atom. The molecule has 0 saturated heterocycles. The van der Waals surface area contributed by atoms with E-state index in [1.165, 1.54) is 12.0 Å². The van der Waals surface area contributed by atoms with Gasteiger partial charge in [0, 0.05) is 18.8 Å². The zero-order valence-corrected chi connectivity index (χ0v) is 9.52. The van der Waals surface area contributed by atoms with E-state index in [2.05, 4.69) is 16.4 Å². The molecule has 2 heterocycles. The fourth-order valence-corrected chi connectivity index (χ4v) is 2.08. The number of hydrogen-bond acceptors (Lipinski definition) is 3. The van der Waals surface area contributed by atoms with Crippen LogP contribution < -0.4 is 10.1 Å². The van der Waals surface area contributed by atoms with Crippen LogP contribution in [0.25, 0.3) is 0 Å². The molecule has 3 rings (SSSR count). The van der Waals surface area contributed by atoms with E-state index >= 15 is 0 Å². The summed E-state index contributed by atoms with van der Waals surface area (Å²) in [4.78, 5) is 4.17. The number of nitrogens with one attached hydrogen (secondary N) is 1. The van der Waals surface area contributed by atoms with Gasteiger partial charge in [-0.15, -0.1) is 0 Å². The summed E-state index contributed by atoms with van der Waals surface area (Å²) >= 11 is 0. The number of rotatable bonds is 2. The van der Waals surface area contributed by atoms with E-state index in [9.17, 15) is 0 Å². The number of nitrogens with zero attached hydrogens (tertiary/aromatic N) is 1. The zero-order chi connectivity index (χ0) is 11.5. The van der Waals surface area contributed by atoms with Crippen LogP contribution in [-0.2, 0) is 6.42 Å². The molecule has 0 saturated carbocycles. The molecule has 0 atom stereocenters. The lowest BCUT2D eigenvalue weighted by atomic mass is 10.0. The number of para-hydroxylation sites is 1. The number of anilines is 1. The van der Waals surface area contributed by atoms with Gasteiger partial charge >= 0.3 is 0 Å². The third kappa shape index (κ3) is 2.09. The average molecular weight is 226 g/mol. The maximum atomic E-state index is 5.80. The molecule has 0 spiro atoms. The first-order valence-electron chi connectivity index (χ1n) is 5.88. The predicted molar refractivity (Wildman–Crippen MR) is 67.6 cm³/mol. The summed E-state index contributed by atoms with van der Waals surface area (Å²) < 4.78 is 5.80. The van der Waals surface area contributed by atoms with E-state index in [-0.39, 0.29) is 0 Å². The normalized spacial score (nSPS) is 13.6.